The molecule has 6 aromatic carbocycles. The molecule has 12 aliphatic rings. The Hall–Kier alpha value is -9.30. The molecular formula is C117H168N6O18. The van der Waals surface area contributed by atoms with Crippen LogP contribution in [-0.4, -0.2) is 227 Å². The molecule has 6 fully saturated rings. The summed E-state index contributed by atoms with van der Waals surface area (Å²) in [6.07, 6.45) is -30.5. The Morgan fingerprint density at radius 3 is 1.01 bits per heavy atom. The van der Waals surface area contributed by atoms with E-state index in [2.05, 4.69) is 0 Å². The molecule has 0 bridgehead atoms. The van der Waals surface area contributed by atoms with Crippen LogP contribution in [0.5, 0.6) is 69.0 Å². The van der Waals surface area contributed by atoms with Crippen LogP contribution in [0.2, 0.25) is 0 Å². The van der Waals surface area contributed by atoms with Gasteiger partial charge in [-0.05, 0) is 252 Å². The Morgan fingerprint density at radius 2 is 0.631 bits per heavy atom. The van der Waals surface area contributed by atoms with Crippen molar-refractivity contribution in [1.82, 2.24) is 29.4 Å². The third-order valence-electron chi connectivity index (χ3n) is 26.0. The first-order chi connectivity index (χ1) is 92.0. The maximum absolute atomic E-state index is 13.8. The summed E-state index contributed by atoms with van der Waals surface area (Å²) in [6.45, 7) is -11.4. The second-order valence-corrected chi connectivity index (χ2v) is 36.2. The average Bonchev–Trinajstić information content (AvgIpc) is 0.657. The zero-order chi connectivity index (χ0) is 157. The molecule has 18 rings (SSSR count). The first kappa shape index (κ1) is 52.2. The Bertz CT molecular complexity index is 8270. The Balaban J connectivity index is 0.000000198. The molecule has 0 N–H and O–H groups in total. The van der Waals surface area contributed by atoms with Crippen LogP contribution in [0.25, 0.3) is 0 Å². The van der Waals surface area contributed by atoms with Gasteiger partial charge >= 0.3 is 0 Å². The highest BCUT2D eigenvalue weighted by atomic mass is 16.5. The molecule has 24 nitrogen and oxygen atoms in total. The van der Waals surface area contributed by atoms with Crippen LogP contribution in [-0.2, 0) is 67.2 Å². The zero-order valence-electron chi connectivity index (χ0n) is 146. The summed E-state index contributed by atoms with van der Waals surface area (Å²) >= 11 is 0. The molecule has 0 aromatic heterocycles. The van der Waals surface area contributed by atoms with E-state index in [1.807, 2.05) is 27.7 Å². The van der Waals surface area contributed by atoms with Crippen LogP contribution in [0, 0.1) is 70.9 Å². The standard InChI is InChI=1S/3C20H29NO3.3C19H27NO3/c3*1-5-13(2)8-15-12-21-7-6-14-9-19(23-3)20(24-4)10-16(14)17(21)11-18(15)22;3*1-12(2)7-14-11-20-6-5-13-8-18(22-3)19(23-4)9-15(13)16(20)10-17(14)21/h3*9-10,13,15,17H,5-8,11-12H2,1-4H3;3*8-9,12,14,16H,5-7,10-11H2,1-4H3/i2D3,4D3,5D2,8D2,11D2,12D2,13D,15D;2D3,4D3,5D2,8D2,11D2,13D,15D;2D3,4D3,5D2,8D2,12D2,13D;4D3,10D2,11D2,14D;4D3,5D2,6D2,16D;4D3,11D2. The third-order valence-corrected chi connectivity index (χ3v) is 26.0. The van der Waals surface area contributed by atoms with Crippen molar-refractivity contribution in [2.24, 2.45) is 70.9 Å². The molecule has 15 atom stereocenters. The zero-order valence-corrected chi connectivity index (χ0v) is 81.5. The lowest BCUT2D eigenvalue weighted by atomic mass is 9.79. The van der Waals surface area contributed by atoms with E-state index in [0.717, 1.165) is 29.0 Å². The van der Waals surface area contributed by atoms with Crippen LogP contribution in [0.1, 0.15) is 369 Å². The number of ketones is 6. The highest BCUT2D eigenvalue weighted by Gasteiger charge is 2.47. The molecule has 12 heterocycles. The number of fused-ring (bicyclic) bond motifs is 18. The molecule has 15 unspecified atom stereocenters. The van der Waals surface area contributed by atoms with Gasteiger partial charge in [0.05, 0.1) is 111 Å². The summed E-state index contributed by atoms with van der Waals surface area (Å²) in [4.78, 5) is 87.1. The fraction of sp³-hybridized carbons (Fsp3) is 0.641. The van der Waals surface area contributed by atoms with Crippen molar-refractivity contribution >= 4 is 34.7 Å². The van der Waals surface area contributed by atoms with E-state index in [1.165, 1.54) is 106 Å². The van der Waals surface area contributed by atoms with Crippen molar-refractivity contribution in [3.63, 3.8) is 0 Å². The minimum atomic E-state index is -4.13. The summed E-state index contributed by atoms with van der Waals surface area (Å²) < 4.78 is 582. The lowest BCUT2D eigenvalue weighted by Crippen LogP contribution is -2.46. The average molecular weight is 2010 g/mol. The Labute approximate surface area is 932 Å². The lowest BCUT2D eigenvalue weighted by Gasteiger charge is -2.43. The second-order valence-electron chi connectivity index (χ2n) is 36.2. The van der Waals surface area contributed by atoms with Crippen LogP contribution in [0.3, 0.4) is 0 Å². The largest absolute Gasteiger partial charge is 0.493 e. The van der Waals surface area contributed by atoms with Gasteiger partial charge in [-0.25, -0.2) is 0 Å². The fourth-order valence-corrected chi connectivity index (χ4v) is 19.0. The maximum Gasteiger partial charge on any atom is 0.161 e. The number of carbonyl (C=O) groups excluding carboxylic acids is 6. The van der Waals surface area contributed by atoms with E-state index in [9.17, 15) is 28.8 Å². The number of hydrogen-bond acceptors (Lipinski definition) is 24. The van der Waals surface area contributed by atoms with Crippen molar-refractivity contribution in [2.45, 2.75) is 253 Å². The normalized spacial score (nSPS) is 38.7. The predicted octanol–water partition coefficient (Wildman–Crippen LogP) is 20.6. The minimum absolute atomic E-state index is 0.00157. The smallest absolute Gasteiger partial charge is 0.161 e. The first-order valence-corrected chi connectivity index (χ1v) is 46.3. The third kappa shape index (κ3) is 25.6. The number of methoxy groups -OCH3 is 12. The minimum Gasteiger partial charge on any atom is -0.493 e. The van der Waals surface area contributed by atoms with E-state index in [1.54, 1.807) is 36.9 Å². The molecule has 0 radical (unpaired) electrons. The molecule has 774 valence electrons. The van der Waals surface area contributed by atoms with Crippen LogP contribution in [0.4, 0.5) is 0 Å². The number of ether oxygens (including phenoxy) is 12. The predicted molar refractivity (Wildman–Crippen MR) is 555 cm³/mol. The molecule has 6 aromatic rings. The van der Waals surface area contributed by atoms with Gasteiger partial charge in [0.2, 0.25) is 0 Å². The van der Waals surface area contributed by atoms with E-state index in [0.29, 0.717) is 84.5 Å². The maximum atomic E-state index is 13.8. The van der Waals surface area contributed by atoms with E-state index >= 15 is 0 Å². The van der Waals surface area contributed by atoms with Gasteiger partial charge in [-0.1, -0.05) is 102 Å². The Morgan fingerprint density at radius 1 is 0.326 bits per heavy atom. The molecule has 12 aliphatic heterocycles. The summed E-state index contributed by atoms with van der Waals surface area (Å²) in [5.41, 5.74) is 4.29. The number of hydrogen-bond donors (Lipinski definition) is 0. The van der Waals surface area contributed by atoms with Gasteiger partial charge in [0.25, 0.3) is 0 Å². The van der Waals surface area contributed by atoms with Gasteiger partial charge in [0.1, 0.15) is 34.7 Å². The number of carbonyl (C=O) groups is 6. The number of nitrogens with zero attached hydrogens (tertiary/aromatic N) is 6. The summed E-state index contributed by atoms with van der Waals surface area (Å²) in [5, 5.41) is 0. The highest BCUT2D eigenvalue weighted by Crippen LogP contribution is 2.51. The summed E-state index contributed by atoms with van der Waals surface area (Å²) in [6, 6.07) is 8.61. The molecule has 141 heavy (non-hydrogen) atoms. The SMILES string of the molecule is [2H]C([2H])([2H])Oc1cc2c(cc1OC)C([2H])([2H])C([2H])([2H])N1CC(CC(C)C)C(=O)CC21[2H].[2H]C([2H])([2H])Oc1cc2c(cc1OC)CCN1C2C([2H])([2H])C(=O)C([2H])(C([2H])([2H])C([2H])(C([2H])([2H])[2H])C([2H])([2H])C)C1([2H])[2H].[2H]C([2H])([2H])Oc1cc2c(cc1OC)CCN1C2C([2H])([2H])C(=O)C([2H])(CC(C)C)C1([2H])[2H].[2H]C([2H])([2H])Oc1cc2c(cc1OC)CCN1C2CC(=O)C(C([2H])([2H])C([2H])(C([2H])([2H])[2H])C([2H])([2H])C)C1([2H])[2H].[2H]C([2H])([2H])Oc1cc2c(cc1OC)CCN1C2CC(=O)C(CC(C)C)C1([2H])[2H].[2H]C([2H])([2H])Oc1cc2c(cc1OC)CCN1CC([2H])(C([2H])([2H])C([2H])(C([2H])([2H])[2H])C([2H])([2H])C)C(=O)C([2H])([2H])C21. The van der Waals surface area contributed by atoms with Gasteiger partial charge < -0.3 is 56.8 Å². The molecule has 0 saturated carbocycles. The molecule has 24 heteroatoms. The van der Waals surface area contributed by atoms with Gasteiger partial charge in [-0.3, -0.25) is 58.2 Å². The van der Waals surface area contributed by atoms with E-state index in [-0.39, 0.29) is 185 Å². The molecule has 0 aliphatic carbocycles. The molecule has 0 spiro atoms. The molecule has 6 saturated heterocycles. The second kappa shape index (κ2) is 50.0. The van der Waals surface area contributed by atoms with Crippen molar-refractivity contribution in [2.75, 3.05) is 163 Å². The quantitative estimate of drug-likeness (QED) is 0.0466. The van der Waals surface area contributed by atoms with Crippen LogP contribution >= 0.6 is 0 Å². The monoisotopic (exact) mass is 2010 g/mol. The highest BCUT2D eigenvalue weighted by molar-refractivity contribution is 5.86. The van der Waals surface area contributed by atoms with Crippen molar-refractivity contribution in [1.29, 1.82) is 0 Å². The fourth-order valence-electron chi connectivity index (χ4n) is 19.0. The van der Waals surface area contributed by atoms with Crippen molar-refractivity contribution < 1.29 is 173 Å². The van der Waals surface area contributed by atoms with E-state index < -0.39 is 291 Å². The van der Waals surface area contributed by atoms with Crippen LogP contribution in [0.15, 0.2) is 72.8 Å². The van der Waals surface area contributed by atoms with Crippen molar-refractivity contribution in [3.8, 4) is 69.0 Å². The summed E-state index contributed by atoms with van der Waals surface area (Å²) in [7, 11) is -9.00. The topological polar surface area (TPSA) is 233 Å². The van der Waals surface area contributed by atoms with Crippen molar-refractivity contribution in [3.05, 3.63) is 140 Å². The molecular weight excluding hydrogens is 1780 g/mol. The number of aryl methyl sites for hydroxylation is 1. The van der Waals surface area contributed by atoms with E-state index in [4.69, 9.17) is 145 Å². The lowest BCUT2D eigenvalue weighted by molar-refractivity contribution is -0.130. The van der Waals surface area contributed by atoms with Gasteiger partial charge in [-0.2, -0.15) is 0 Å². The van der Waals surface area contributed by atoms with Gasteiger partial charge in [0, 0.05) is 250 Å². The number of rotatable bonds is 27. The number of Topliss-reactive ketones (excluding diaryl/α,β-unsaturated/α-hetero) is 6. The number of piperidine rings is 6. The van der Waals surface area contributed by atoms with Gasteiger partial charge in [-0.15, -0.1) is 0 Å². The first-order valence-electron chi connectivity index (χ1n) is 78.3. The Kier molecular flexibility index (Phi) is 18.5. The summed E-state index contributed by atoms with van der Waals surface area (Å²) in [5.74, 6) is -30.3. The molecule has 0 amide bonds. The number of benzene rings is 6. The van der Waals surface area contributed by atoms with Gasteiger partial charge in [0.15, 0.2) is 69.0 Å². The van der Waals surface area contributed by atoms with Crippen LogP contribution < -0.4 is 56.8 Å².